The number of carbonyl (C=O) groups is 2. The van der Waals surface area contributed by atoms with E-state index in [-0.39, 0.29) is 24.0 Å². The lowest BCUT2D eigenvalue weighted by molar-refractivity contribution is -0.192. The Bertz CT molecular complexity index is 1320. The smallest absolute Gasteiger partial charge is 0.475 e. The number of alkyl halides is 3. The van der Waals surface area contributed by atoms with Gasteiger partial charge in [-0.1, -0.05) is 24.3 Å². The van der Waals surface area contributed by atoms with E-state index in [9.17, 15) is 26.7 Å². The number of aromatic nitrogens is 2. The third-order valence-electron chi connectivity index (χ3n) is 4.51. The largest absolute Gasteiger partial charge is 0.490 e. The van der Waals surface area contributed by atoms with Crippen molar-refractivity contribution in [3.63, 3.8) is 0 Å². The van der Waals surface area contributed by atoms with Crippen LogP contribution in [0.2, 0.25) is 0 Å². The summed E-state index contributed by atoms with van der Waals surface area (Å²) in [5.74, 6) is -3.72. The van der Waals surface area contributed by atoms with Crippen LogP contribution in [0.5, 0.6) is 0 Å². The van der Waals surface area contributed by atoms with Crippen LogP contribution in [0.4, 0.5) is 22.0 Å². The fraction of sp³-hybridized carbons (Fsp3) is 0.0870. The molecule has 0 aliphatic carbocycles. The SMILES string of the molecule is O=C(NCc1ccccc1F)c1nc(-c2ccc(F)cc2)c2ccccn12.O=C(O)C(F)(F)F. The van der Waals surface area contributed by atoms with Crippen LogP contribution in [0.3, 0.4) is 0 Å². The molecule has 6 nitrogen and oxygen atoms in total. The third-order valence-corrected chi connectivity index (χ3v) is 4.51. The number of amides is 1. The maximum atomic E-state index is 13.8. The van der Waals surface area contributed by atoms with Crippen LogP contribution in [0.25, 0.3) is 16.8 Å². The lowest BCUT2D eigenvalue weighted by atomic mass is 10.1. The zero-order valence-electron chi connectivity index (χ0n) is 17.2. The van der Waals surface area contributed by atoms with E-state index in [4.69, 9.17) is 9.90 Å². The summed E-state index contributed by atoms with van der Waals surface area (Å²) < 4.78 is 60.4. The summed E-state index contributed by atoms with van der Waals surface area (Å²) in [5.41, 5.74) is 2.39. The number of carbonyl (C=O) groups excluding carboxylic acids is 1. The van der Waals surface area contributed by atoms with Crippen LogP contribution in [0.1, 0.15) is 16.2 Å². The predicted octanol–water partition coefficient (Wildman–Crippen LogP) is 4.84. The number of fused-ring (bicyclic) bond motifs is 1. The Morgan fingerprint density at radius 3 is 2.18 bits per heavy atom. The number of aliphatic carboxylic acids is 1. The Kier molecular flexibility index (Phi) is 7.24. The number of imidazole rings is 1. The number of carboxylic acids is 1. The van der Waals surface area contributed by atoms with Crippen LogP contribution < -0.4 is 5.32 Å². The van der Waals surface area contributed by atoms with E-state index in [0.29, 0.717) is 16.8 Å². The second-order valence-electron chi connectivity index (χ2n) is 6.82. The monoisotopic (exact) mass is 477 g/mol. The fourth-order valence-electron chi connectivity index (χ4n) is 2.91. The van der Waals surface area contributed by atoms with E-state index in [1.807, 2.05) is 12.1 Å². The molecule has 0 unspecified atom stereocenters. The first-order valence-electron chi connectivity index (χ1n) is 9.62. The molecule has 0 aliphatic rings. The highest BCUT2D eigenvalue weighted by Gasteiger charge is 2.38. The minimum atomic E-state index is -5.08. The number of halogens is 5. The molecule has 0 saturated carbocycles. The number of nitrogens with one attached hydrogen (secondary N) is 1. The average Bonchev–Trinajstić information content (AvgIpc) is 3.18. The molecule has 0 atom stereocenters. The van der Waals surface area contributed by atoms with Gasteiger partial charge in [0.1, 0.15) is 11.6 Å². The number of hydrogen-bond donors (Lipinski definition) is 2. The number of hydrogen-bond acceptors (Lipinski definition) is 3. The van der Waals surface area contributed by atoms with Crippen molar-refractivity contribution in [2.24, 2.45) is 0 Å². The Hall–Kier alpha value is -4.28. The van der Waals surface area contributed by atoms with Gasteiger partial charge in [-0.25, -0.2) is 18.6 Å². The molecule has 2 N–H and O–H groups in total. The molecular weight excluding hydrogens is 461 g/mol. The maximum Gasteiger partial charge on any atom is 0.490 e. The zero-order chi connectivity index (χ0) is 24.9. The Morgan fingerprint density at radius 2 is 1.56 bits per heavy atom. The third kappa shape index (κ3) is 5.74. The summed E-state index contributed by atoms with van der Waals surface area (Å²) in [6.45, 7) is 0.0547. The molecule has 0 aliphatic heterocycles. The highest BCUT2D eigenvalue weighted by Crippen LogP contribution is 2.25. The van der Waals surface area contributed by atoms with Gasteiger partial charge < -0.3 is 10.4 Å². The van der Waals surface area contributed by atoms with E-state index in [2.05, 4.69) is 10.3 Å². The van der Waals surface area contributed by atoms with Crippen molar-refractivity contribution >= 4 is 17.4 Å². The molecule has 0 fully saturated rings. The van der Waals surface area contributed by atoms with Gasteiger partial charge in [-0.2, -0.15) is 13.2 Å². The quantitative estimate of drug-likeness (QED) is 0.412. The summed E-state index contributed by atoms with van der Waals surface area (Å²) in [5, 5.41) is 9.82. The highest BCUT2D eigenvalue weighted by atomic mass is 19.4. The molecule has 0 bridgehead atoms. The summed E-state index contributed by atoms with van der Waals surface area (Å²) >= 11 is 0. The predicted molar refractivity (Wildman–Crippen MR) is 112 cm³/mol. The van der Waals surface area contributed by atoms with E-state index in [0.717, 1.165) is 5.52 Å². The minimum Gasteiger partial charge on any atom is -0.475 e. The topological polar surface area (TPSA) is 83.7 Å². The number of rotatable bonds is 4. The van der Waals surface area contributed by atoms with Gasteiger partial charge >= 0.3 is 12.1 Å². The van der Waals surface area contributed by atoms with Gasteiger partial charge in [0.2, 0.25) is 5.82 Å². The van der Waals surface area contributed by atoms with Crippen LogP contribution in [-0.4, -0.2) is 32.5 Å². The first-order valence-corrected chi connectivity index (χ1v) is 9.62. The molecule has 0 spiro atoms. The Labute approximate surface area is 189 Å². The van der Waals surface area contributed by atoms with Gasteiger partial charge in [-0.3, -0.25) is 9.20 Å². The lowest BCUT2D eigenvalue weighted by Gasteiger charge is -2.05. The standard InChI is InChI=1S/C21H15F2N3O.C2HF3O2/c22-16-10-8-14(9-11-16)19-18-7-3-4-12-26(18)20(25-19)21(27)24-13-15-5-1-2-6-17(15)23;3-2(4,5)1(6)7/h1-12H,13H2,(H,24,27);(H,6,7). The minimum absolute atomic E-state index is 0.0547. The molecule has 4 rings (SSSR count). The molecule has 2 aromatic heterocycles. The maximum absolute atomic E-state index is 13.8. The molecule has 0 radical (unpaired) electrons. The Balaban J connectivity index is 0.000000406. The Morgan fingerprint density at radius 1 is 0.941 bits per heavy atom. The van der Waals surface area contributed by atoms with Crippen molar-refractivity contribution in [3.05, 3.63) is 95.9 Å². The van der Waals surface area contributed by atoms with Gasteiger partial charge in [-0.05, 0) is 42.5 Å². The number of pyridine rings is 1. The van der Waals surface area contributed by atoms with E-state index >= 15 is 0 Å². The van der Waals surface area contributed by atoms with Crippen LogP contribution >= 0.6 is 0 Å². The van der Waals surface area contributed by atoms with Gasteiger partial charge in [0.05, 0.1) is 11.2 Å². The molecule has 11 heteroatoms. The van der Waals surface area contributed by atoms with Crippen molar-refractivity contribution in [2.75, 3.05) is 0 Å². The summed E-state index contributed by atoms with van der Waals surface area (Å²) in [6, 6.07) is 17.7. The molecule has 0 saturated heterocycles. The van der Waals surface area contributed by atoms with E-state index < -0.39 is 18.1 Å². The molecule has 2 heterocycles. The normalized spacial score (nSPS) is 11.0. The summed E-state index contributed by atoms with van der Waals surface area (Å²) in [7, 11) is 0. The molecule has 1 amide bonds. The van der Waals surface area contributed by atoms with Gasteiger partial charge in [0, 0.05) is 23.9 Å². The van der Waals surface area contributed by atoms with Crippen LogP contribution in [-0.2, 0) is 11.3 Å². The lowest BCUT2D eigenvalue weighted by Crippen LogP contribution is -2.25. The number of carboxylic acid groups (broad SMARTS) is 1. The van der Waals surface area contributed by atoms with E-state index in [1.54, 1.807) is 47.0 Å². The summed E-state index contributed by atoms with van der Waals surface area (Å²) in [6.07, 6.45) is -3.35. The molecule has 176 valence electrons. The average molecular weight is 477 g/mol. The molecule has 4 aromatic rings. The first-order chi connectivity index (χ1) is 16.1. The van der Waals surface area contributed by atoms with Crippen molar-refractivity contribution in [1.82, 2.24) is 14.7 Å². The van der Waals surface area contributed by atoms with Crippen molar-refractivity contribution in [3.8, 4) is 11.3 Å². The van der Waals surface area contributed by atoms with Crippen molar-refractivity contribution < 1.29 is 36.6 Å². The van der Waals surface area contributed by atoms with Gasteiger partial charge in [0.15, 0.2) is 0 Å². The number of benzene rings is 2. The highest BCUT2D eigenvalue weighted by molar-refractivity contribution is 5.94. The molecular formula is C23H16F5N3O3. The van der Waals surface area contributed by atoms with Crippen LogP contribution in [0, 0.1) is 11.6 Å². The van der Waals surface area contributed by atoms with Gasteiger partial charge in [-0.15, -0.1) is 0 Å². The number of nitrogens with zero attached hydrogens (tertiary/aromatic N) is 2. The van der Waals surface area contributed by atoms with Crippen LogP contribution in [0.15, 0.2) is 72.9 Å². The first kappa shape index (κ1) is 24.4. The fourth-order valence-corrected chi connectivity index (χ4v) is 2.91. The zero-order valence-corrected chi connectivity index (χ0v) is 17.2. The van der Waals surface area contributed by atoms with E-state index in [1.165, 1.54) is 18.2 Å². The second kappa shape index (κ2) is 10.1. The van der Waals surface area contributed by atoms with Gasteiger partial charge in [0.25, 0.3) is 5.91 Å². The van der Waals surface area contributed by atoms with Crippen molar-refractivity contribution in [2.45, 2.75) is 12.7 Å². The summed E-state index contributed by atoms with van der Waals surface area (Å²) in [4.78, 5) is 26.0. The molecule has 2 aromatic carbocycles. The second-order valence-corrected chi connectivity index (χ2v) is 6.82. The van der Waals surface area contributed by atoms with Crippen molar-refractivity contribution in [1.29, 1.82) is 0 Å². The molecule has 34 heavy (non-hydrogen) atoms.